The van der Waals surface area contributed by atoms with Crippen molar-refractivity contribution in [1.82, 2.24) is 5.32 Å². The number of nitrogens with one attached hydrogen (secondary N) is 1. The van der Waals surface area contributed by atoms with Gasteiger partial charge in [0.2, 0.25) is 0 Å². The monoisotopic (exact) mass is 276 g/mol. The molecule has 1 rings (SSSR count). The standard InChI is InChI=1S/C15H20N2O3/c1-10(20-14(18)17-15(2,3)4)12-8-6-7-11(9-16)13(12)19-5/h6-8,10H,1-5H3,(H,17,18)/t10-/m1/s1. The van der Waals surface area contributed by atoms with Crippen molar-refractivity contribution >= 4 is 6.09 Å². The highest BCUT2D eigenvalue weighted by Crippen LogP contribution is 2.30. The Morgan fingerprint density at radius 3 is 2.55 bits per heavy atom. The highest BCUT2D eigenvalue weighted by molar-refractivity contribution is 5.68. The van der Waals surface area contributed by atoms with E-state index >= 15 is 0 Å². The average Bonchev–Trinajstić information content (AvgIpc) is 2.35. The quantitative estimate of drug-likeness (QED) is 0.920. The third-order valence-corrected chi connectivity index (χ3v) is 2.57. The lowest BCUT2D eigenvalue weighted by atomic mass is 10.1. The number of nitriles is 1. The molecule has 0 radical (unpaired) electrons. The normalized spacial score (nSPS) is 12.2. The van der Waals surface area contributed by atoms with Gasteiger partial charge in [-0.25, -0.2) is 4.79 Å². The molecule has 1 aromatic rings. The third kappa shape index (κ3) is 4.16. The van der Waals surface area contributed by atoms with Gasteiger partial charge in [-0.05, 0) is 33.8 Å². The molecule has 108 valence electrons. The van der Waals surface area contributed by atoms with Crippen LogP contribution in [0.5, 0.6) is 5.75 Å². The molecule has 0 saturated carbocycles. The number of benzene rings is 1. The Morgan fingerprint density at radius 2 is 2.05 bits per heavy atom. The van der Waals surface area contributed by atoms with E-state index in [1.54, 1.807) is 25.1 Å². The number of carbonyl (C=O) groups is 1. The molecule has 1 aromatic carbocycles. The molecule has 1 N–H and O–H groups in total. The minimum atomic E-state index is -0.513. The summed E-state index contributed by atoms with van der Waals surface area (Å²) in [7, 11) is 1.49. The molecule has 20 heavy (non-hydrogen) atoms. The second-order valence-electron chi connectivity index (χ2n) is 5.46. The fourth-order valence-corrected chi connectivity index (χ4v) is 1.75. The summed E-state index contributed by atoms with van der Waals surface area (Å²) in [4.78, 5) is 11.8. The first-order valence-electron chi connectivity index (χ1n) is 6.34. The molecular weight excluding hydrogens is 256 g/mol. The largest absolute Gasteiger partial charge is 0.495 e. The van der Waals surface area contributed by atoms with E-state index in [1.165, 1.54) is 7.11 Å². The van der Waals surface area contributed by atoms with Crippen LogP contribution in [-0.2, 0) is 4.74 Å². The SMILES string of the molecule is COc1c(C#N)cccc1[C@@H](C)OC(=O)NC(C)(C)C. The van der Waals surface area contributed by atoms with Gasteiger partial charge in [-0.3, -0.25) is 0 Å². The van der Waals surface area contributed by atoms with Crippen molar-refractivity contribution in [3.05, 3.63) is 29.3 Å². The number of amides is 1. The minimum Gasteiger partial charge on any atom is -0.495 e. The number of ether oxygens (including phenoxy) is 2. The molecule has 0 aliphatic carbocycles. The lowest BCUT2D eigenvalue weighted by Gasteiger charge is -2.23. The molecule has 5 heteroatoms. The zero-order valence-corrected chi connectivity index (χ0v) is 12.5. The summed E-state index contributed by atoms with van der Waals surface area (Å²) in [6.07, 6.45) is -1.02. The van der Waals surface area contributed by atoms with Gasteiger partial charge in [0.1, 0.15) is 17.9 Å². The lowest BCUT2D eigenvalue weighted by molar-refractivity contribution is 0.0987. The van der Waals surface area contributed by atoms with Crippen molar-refractivity contribution in [2.75, 3.05) is 7.11 Å². The van der Waals surface area contributed by atoms with Gasteiger partial charge >= 0.3 is 6.09 Å². The van der Waals surface area contributed by atoms with E-state index in [9.17, 15) is 4.79 Å². The van der Waals surface area contributed by atoms with E-state index in [1.807, 2.05) is 20.8 Å². The van der Waals surface area contributed by atoms with E-state index in [-0.39, 0.29) is 5.54 Å². The number of hydrogen-bond donors (Lipinski definition) is 1. The Kier molecular flexibility index (Phi) is 4.98. The number of nitrogens with zero attached hydrogens (tertiary/aromatic N) is 1. The summed E-state index contributed by atoms with van der Waals surface area (Å²) >= 11 is 0. The average molecular weight is 276 g/mol. The third-order valence-electron chi connectivity index (χ3n) is 2.57. The molecule has 1 amide bonds. The van der Waals surface area contributed by atoms with Crippen LogP contribution in [0.4, 0.5) is 4.79 Å². The van der Waals surface area contributed by atoms with Crippen molar-refractivity contribution in [2.24, 2.45) is 0 Å². The van der Waals surface area contributed by atoms with E-state index in [0.717, 1.165) is 0 Å². The maximum Gasteiger partial charge on any atom is 0.408 e. The Bertz CT molecular complexity index is 527. The first kappa shape index (κ1) is 15.8. The molecular formula is C15H20N2O3. The van der Waals surface area contributed by atoms with Crippen LogP contribution in [0.1, 0.15) is 44.9 Å². The van der Waals surface area contributed by atoms with Gasteiger partial charge in [0.25, 0.3) is 0 Å². The van der Waals surface area contributed by atoms with Gasteiger partial charge in [0, 0.05) is 11.1 Å². The first-order valence-corrected chi connectivity index (χ1v) is 6.34. The molecule has 0 heterocycles. The molecule has 0 unspecified atom stereocenters. The number of alkyl carbamates (subject to hydrolysis) is 1. The van der Waals surface area contributed by atoms with Gasteiger partial charge < -0.3 is 14.8 Å². The van der Waals surface area contributed by atoms with Crippen LogP contribution >= 0.6 is 0 Å². The molecule has 0 fully saturated rings. The molecule has 1 atom stereocenters. The van der Waals surface area contributed by atoms with Crippen molar-refractivity contribution in [3.8, 4) is 11.8 Å². The van der Waals surface area contributed by atoms with Gasteiger partial charge in [0.05, 0.1) is 12.7 Å². The molecule has 0 saturated heterocycles. The van der Waals surface area contributed by atoms with Crippen LogP contribution in [0.2, 0.25) is 0 Å². The molecule has 0 aliphatic heterocycles. The highest BCUT2D eigenvalue weighted by Gasteiger charge is 2.21. The summed E-state index contributed by atoms with van der Waals surface area (Å²) in [5.41, 5.74) is 0.711. The van der Waals surface area contributed by atoms with Crippen LogP contribution in [0, 0.1) is 11.3 Å². The summed E-state index contributed by atoms with van der Waals surface area (Å²) < 4.78 is 10.6. The van der Waals surface area contributed by atoms with Gasteiger partial charge in [-0.1, -0.05) is 12.1 Å². The minimum absolute atomic E-state index is 0.366. The Morgan fingerprint density at radius 1 is 1.40 bits per heavy atom. The van der Waals surface area contributed by atoms with Gasteiger partial charge in [-0.15, -0.1) is 0 Å². The van der Waals surface area contributed by atoms with Crippen LogP contribution in [-0.4, -0.2) is 18.7 Å². The van der Waals surface area contributed by atoms with Crippen LogP contribution < -0.4 is 10.1 Å². The Labute approximate surface area is 119 Å². The van der Waals surface area contributed by atoms with E-state index in [0.29, 0.717) is 16.9 Å². The molecule has 0 bridgehead atoms. The number of para-hydroxylation sites is 1. The first-order chi connectivity index (χ1) is 9.28. The molecule has 0 aromatic heterocycles. The van der Waals surface area contributed by atoms with Gasteiger partial charge in [-0.2, -0.15) is 5.26 Å². The number of rotatable bonds is 3. The van der Waals surface area contributed by atoms with E-state index in [2.05, 4.69) is 11.4 Å². The summed E-state index contributed by atoms with van der Waals surface area (Å²) in [6, 6.07) is 7.22. The molecule has 0 aliphatic rings. The number of carbonyl (C=O) groups excluding carboxylic acids is 1. The van der Waals surface area contributed by atoms with Crippen LogP contribution in [0.25, 0.3) is 0 Å². The van der Waals surface area contributed by atoms with E-state index < -0.39 is 12.2 Å². The topological polar surface area (TPSA) is 71.3 Å². The molecule has 5 nitrogen and oxygen atoms in total. The predicted molar refractivity (Wildman–Crippen MR) is 75.5 cm³/mol. The van der Waals surface area contributed by atoms with Crippen LogP contribution in [0.15, 0.2) is 18.2 Å². The van der Waals surface area contributed by atoms with Crippen molar-refractivity contribution in [2.45, 2.75) is 39.3 Å². The van der Waals surface area contributed by atoms with E-state index in [4.69, 9.17) is 14.7 Å². The van der Waals surface area contributed by atoms with Crippen molar-refractivity contribution in [1.29, 1.82) is 5.26 Å². The van der Waals surface area contributed by atoms with Crippen molar-refractivity contribution < 1.29 is 14.3 Å². The van der Waals surface area contributed by atoms with Gasteiger partial charge in [0.15, 0.2) is 0 Å². The second-order valence-corrected chi connectivity index (χ2v) is 5.46. The highest BCUT2D eigenvalue weighted by atomic mass is 16.6. The van der Waals surface area contributed by atoms with Crippen LogP contribution in [0.3, 0.4) is 0 Å². The number of hydrogen-bond acceptors (Lipinski definition) is 4. The maximum atomic E-state index is 11.8. The molecule has 0 spiro atoms. The van der Waals surface area contributed by atoms with Crippen molar-refractivity contribution in [3.63, 3.8) is 0 Å². The maximum absolute atomic E-state index is 11.8. The zero-order valence-electron chi connectivity index (χ0n) is 12.5. The predicted octanol–water partition coefficient (Wildman–Crippen LogP) is 3.15. The lowest BCUT2D eigenvalue weighted by Crippen LogP contribution is -2.41. The summed E-state index contributed by atoms with van der Waals surface area (Å²) in [5.74, 6) is 0.436. The fraction of sp³-hybridized carbons (Fsp3) is 0.467. The zero-order chi connectivity index (χ0) is 15.3. The Hall–Kier alpha value is -2.22. The fourth-order valence-electron chi connectivity index (χ4n) is 1.75. The smallest absolute Gasteiger partial charge is 0.408 e. The summed E-state index contributed by atoms with van der Waals surface area (Å²) in [6.45, 7) is 7.35. The summed E-state index contributed by atoms with van der Waals surface area (Å²) in [5, 5.41) is 11.8. The number of methoxy groups -OCH3 is 1. The second kappa shape index (κ2) is 6.29. The Balaban J connectivity index is 2.91.